The third kappa shape index (κ3) is 3.59. The van der Waals surface area contributed by atoms with Crippen LogP contribution in [0, 0.1) is 0 Å². The maximum atomic E-state index is 10.3. The van der Waals surface area contributed by atoms with Crippen LogP contribution in [-0.4, -0.2) is 35.9 Å². The molecule has 0 amide bonds. The number of carbonyl (C=O) groups is 3. The summed E-state index contributed by atoms with van der Waals surface area (Å²) in [4.78, 5) is 30.0. The highest BCUT2D eigenvalue weighted by molar-refractivity contribution is 6.26. The second-order valence-corrected chi connectivity index (χ2v) is 1.85. The van der Waals surface area contributed by atoms with Gasteiger partial charge in [0.1, 0.15) is 12.4 Å². The van der Waals surface area contributed by atoms with Crippen molar-refractivity contribution in [2.75, 3.05) is 0 Å². The van der Waals surface area contributed by atoms with Crippen LogP contribution < -0.4 is 0 Å². The number of ether oxygens (including phenoxy) is 1. The minimum Gasteiger partial charge on any atom is -0.362 e. The Morgan fingerprint density at radius 2 is 2.09 bits per heavy atom. The summed E-state index contributed by atoms with van der Waals surface area (Å²) in [6.45, 7) is 1.34. The molecule has 0 aromatic carbocycles. The van der Waals surface area contributed by atoms with Crippen LogP contribution in [0.15, 0.2) is 0 Å². The number of hydrogen-bond donors (Lipinski definition) is 1. The molecule has 0 saturated heterocycles. The van der Waals surface area contributed by atoms with Crippen molar-refractivity contribution in [3.05, 3.63) is 0 Å². The Kier molecular flexibility index (Phi) is 4.24. The van der Waals surface area contributed by atoms with Crippen LogP contribution >= 0.6 is 0 Å². The smallest absolute Gasteiger partial charge is 0.250 e. The van der Waals surface area contributed by atoms with Gasteiger partial charge in [0.05, 0.1) is 0 Å². The van der Waals surface area contributed by atoms with Gasteiger partial charge < -0.3 is 14.6 Å². The minimum absolute atomic E-state index is 0.0673. The van der Waals surface area contributed by atoms with Crippen LogP contribution in [0.2, 0.25) is 0 Å². The fourth-order valence-electron chi connectivity index (χ4n) is 0.361. The lowest BCUT2D eigenvalue weighted by Crippen LogP contribution is -2.29. The largest absolute Gasteiger partial charge is 0.362 e. The van der Waals surface area contributed by atoms with Crippen molar-refractivity contribution >= 4 is 18.4 Å². The molecule has 0 aromatic rings. The van der Waals surface area contributed by atoms with Gasteiger partial charge in [0.25, 0.3) is 5.78 Å². The van der Waals surface area contributed by atoms with Crippen molar-refractivity contribution < 1.29 is 24.2 Å². The Hall–Kier alpha value is -1.07. The standard InChI is InChI=1S/C6H8O5/c1-4(2-7)11-6(10)5(9)3-8/h2-4,6,10H,1H3. The second-order valence-electron chi connectivity index (χ2n) is 1.85. The Labute approximate surface area is 63.0 Å². The quantitative estimate of drug-likeness (QED) is 0.306. The molecule has 0 radical (unpaired) electrons. The first-order valence-electron chi connectivity index (χ1n) is 2.89. The molecule has 0 bridgehead atoms. The van der Waals surface area contributed by atoms with Gasteiger partial charge in [-0.2, -0.15) is 0 Å². The van der Waals surface area contributed by atoms with E-state index in [1.165, 1.54) is 6.92 Å². The van der Waals surface area contributed by atoms with Gasteiger partial charge >= 0.3 is 0 Å². The molecule has 1 N–H and O–H groups in total. The van der Waals surface area contributed by atoms with Crippen molar-refractivity contribution in [3.63, 3.8) is 0 Å². The van der Waals surface area contributed by atoms with E-state index in [9.17, 15) is 14.4 Å². The summed E-state index contributed by atoms with van der Waals surface area (Å²) >= 11 is 0. The van der Waals surface area contributed by atoms with Crippen molar-refractivity contribution in [1.29, 1.82) is 0 Å². The van der Waals surface area contributed by atoms with Gasteiger partial charge in [0.15, 0.2) is 6.29 Å². The Balaban J connectivity index is 3.85. The summed E-state index contributed by atoms with van der Waals surface area (Å²) in [7, 11) is 0. The average molecular weight is 160 g/mol. The average Bonchev–Trinajstić information content (AvgIpc) is 2.02. The van der Waals surface area contributed by atoms with Gasteiger partial charge in [-0.15, -0.1) is 0 Å². The number of Topliss-reactive ketones (excluding diaryl/α,β-unsaturated/α-hetero) is 1. The summed E-state index contributed by atoms with van der Waals surface area (Å²) in [5, 5.41) is 8.66. The fraction of sp³-hybridized carbons (Fsp3) is 0.500. The van der Waals surface area contributed by atoms with E-state index in [-0.39, 0.29) is 6.29 Å². The van der Waals surface area contributed by atoms with E-state index < -0.39 is 18.2 Å². The molecule has 0 rings (SSSR count). The summed E-state index contributed by atoms with van der Waals surface area (Å²) in [5.41, 5.74) is 0. The van der Waals surface area contributed by atoms with E-state index in [4.69, 9.17) is 5.11 Å². The van der Waals surface area contributed by atoms with Crippen LogP contribution in [0.4, 0.5) is 0 Å². The fourth-order valence-corrected chi connectivity index (χ4v) is 0.361. The zero-order valence-corrected chi connectivity index (χ0v) is 5.89. The monoisotopic (exact) mass is 160 g/mol. The zero-order valence-electron chi connectivity index (χ0n) is 5.89. The van der Waals surface area contributed by atoms with Gasteiger partial charge in [0, 0.05) is 0 Å². The SMILES string of the molecule is CC(C=O)OC(O)C(=O)C=O. The molecule has 2 atom stereocenters. The topological polar surface area (TPSA) is 80.7 Å². The lowest BCUT2D eigenvalue weighted by atomic mass is 10.4. The third-order valence-corrected chi connectivity index (χ3v) is 0.895. The molecule has 0 aliphatic heterocycles. The second kappa shape index (κ2) is 4.70. The van der Waals surface area contributed by atoms with Crippen molar-refractivity contribution in [3.8, 4) is 0 Å². The van der Waals surface area contributed by atoms with Crippen LogP contribution in [0.3, 0.4) is 0 Å². The normalized spacial score (nSPS) is 15.1. The molecule has 0 aliphatic carbocycles. The predicted octanol–water partition coefficient (Wildman–Crippen LogP) is -1.32. The van der Waals surface area contributed by atoms with E-state index in [0.717, 1.165) is 0 Å². The van der Waals surface area contributed by atoms with Gasteiger partial charge in [-0.25, -0.2) is 0 Å². The number of aldehydes is 2. The molecule has 0 aliphatic rings. The molecule has 5 nitrogen and oxygen atoms in total. The van der Waals surface area contributed by atoms with Crippen molar-refractivity contribution in [1.82, 2.24) is 0 Å². The number of aliphatic hydroxyl groups excluding tert-OH is 1. The molecule has 0 spiro atoms. The molecular formula is C6H8O5. The zero-order chi connectivity index (χ0) is 8.85. The van der Waals surface area contributed by atoms with E-state index in [1.807, 2.05) is 0 Å². The number of hydrogen-bond acceptors (Lipinski definition) is 5. The van der Waals surface area contributed by atoms with E-state index in [2.05, 4.69) is 4.74 Å². The van der Waals surface area contributed by atoms with Gasteiger partial charge in [-0.3, -0.25) is 9.59 Å². The summed E-state index contributed by atoms with van der Waals surface area (Å²) in [6, 6.07) is 0. The van der Waals surface area contributed by atoms with Gasteiger partial charge in [0.2, 0.25) is 6.29 Å². The molecule has 5 heteroatoms. The molecule has 0 saturated carbocycles. The van der Waals surface area contributed by atoms with Crippen molar-refractivity contribution in [2.24, 2.45) is 0 Å². The lowest BCUT2D eigenvalue weighted by molar-refractivity contribution is -0.167. The Bertz CT molecular complexity index is 164. The molecule has 0 fully saturated rings. The predicted molar refractivity (Wildman–Crippen MR) is 33.7 cm³/mol. The van der Waals surface area contributed by atoms with Gasteiger partial charge in [-0.1, -0.05) is 0 Å². The third-order valence-electron chi connectivity index (χ3n) is 0.895. The first-order chi connectivity index (χ1) is 5.11. The van der Waals surface area contributed by atoms with E-state index >= 15 is 0 Å². The van der Waals surface area contributed by atoms with Crippen LogP contribution in [0.5, 0.6) is 0 Å². The lowest BCUT2D eigenvalue weighted by Gasteiger charge is -2.09. The van der Waals surface area contributed by atoms with E-state index in [0.29, 0.717) is 6.29 Å². The van der Waals surface area contributed by atoms with Crippen molar-refractivity contribution in [2.45, 2.75) is 19.3 Å². The maximum absolute atomic E-state index is 10.3. The maximum Gasteiger partial charge on any atom is 0.250 e. The summed E-state index contributed by atoms with van der Waals surface area (Å²) in [5.74, 6) is -1.10. The molecular weight excluding hydrogens is 152 g/mol. The first kappa shape index (κ1) is 9.93. The van der Waals surface area contributed by atoms with Crippen LogP contribution in [0.1, 0.15) is 6.92 Å². The number of carbonyl (C=O) groups excluding carboxylic acids is 3. The molecule has 0 aromatic heterocycles. The summed E-state index contributed by atoms with van der Waals surface area (Å²) in [6.07, 6.45) is -2.38. The molecule has 2 unspecified atom stereocenters. The Morgan fingerprint density at radius 1 is 1.55 bits per heavy atom. The molecule has 62 valence electrons. The highest BCUT2D eigenvalue weighted by Crippen LogP contribution is 1.92. The highest BCUT2D eigenvalue weighted by atomic mass is 16.6. The minimum atomic E-state index is -1.83. The van der Waals surface area contributed by atoms with Crippen LogP contribution in [0.25, 0.3) is 0 Å². The van der Waals surface area contributed by atoms with E-state index in [1.54, 1.807) is 0 Å². The summed E-state index contributed by atoms with van der Waals surface area (Å²) < 4.78 is 4.36. The first-order valence-corrected chi connectivity index (χ1v) is 2.89. The number of rotatable bonds is 5. The Morgan fingerprint density at radius 3 is 2.45 bits per heavy atom. The van der Waals surface area contributed by atoms with Gasteiger partial charge in [-0.05, 0) is 6.92 Å². The molecule has 11 heavy (non-hydrogen) atoms. The van der Waals surface area contributed by atoms with Crippen LogP contribution in [-0.2, 0) is 19.1 Å². The molecule has 0 heterocycles. The number of aliphatic hydroxyl groups is 1. The highest BCUT2D eigenvalue weighted by Gasteiger charge is 2.16. The number of ketones is 1.